The normalized spacial score (nSPS) is 15.4. The second kappa shape index (κ2) is 11.1. The van der Waals surface area contributed by atoms with Crippen molar-refractivity contribution in [1.29, 1.82) is 0 Å². The van der Waals surface area contributed by atoms with Crippen molar-refractivity contribution >= 4 is 35.0 Å². The minimum atomic E-state index is -0.109. The molecule has 7 heteroatoms. The molecule has 3 aromatic rings. The van der Waals surface area contributed by atoms with Crippen LogP contribution in [0, 0.1) is 0 Å². The van der Waals surface area contributed by atoms with Gasteiger partial charge in [0.15, 0.2) is 11.5 Å². The lowest BCUT2D eigenvalue weighted by molar-refractivity contribution is -0.118. The number of ketones is 1. The first-order valence-electron chi connectivity index (χ1n) is 13.1. The number of rotatable bonds is 10. The summed E-state index contributed by atoms with van der Waals surface area (Å²) < 4.78 is 11.8. The number of carbonyl (C=O) groups excluding carboxylic acids is 2. The highest BCUT2D eigenvalue weighted by molar-refractivity contribution is 6.14. The molecular weight excluding hydrogens is 478 g/mol. The molecule has 0 fully saturated rings. The number of carbonyl (C=O) groups is 2. The molecule has 7 nitrogen and oxygen atoms in total. The molecule has 2 heterocycles. The van der Waals surface area contributed by atoms with Crippen LogP contribution in [0.15, 0.2) is 65.7 Å². The molecule has 0 aliphatic carbocycles. The van der Waals surface area contributed by atoms with Gasteiger partial charge in [-0.15, -0.1) is 0 Å². The molecule has 5 rings (SSSR count). The predicted octanol–water partition coefficient (Wildman–Crippen LogP) is 5.76. The molecule has 1 amide bonds. The van der Waals surface area contributed by atoms with Gasteiger partial charge in [-0.1, -0.05) is 37.3 Å². The first-order valence-corrected chi connectivity index (χ1v) is 13.1. The van der Waals surface area contributed by atoms with E-state index >= 15 is 0 Å². The average Bonchev–Trinajstić information content (AvgIpc) is 3.26. The minimum absolute atomic E-state index is 0.0892. The van der Waals surface area contributed by atoms with Crippen LogP contribution in [-0.2, 0) is 17.8 Å². The van der Waals surface area contributed by atoms with Crippen molar-refractivity contribution in [2.24, 2.45) is 4.99 Å². The van der Waals surface area contributed by atoms with Crippen molar-refractivity contribution < 1.29 is 19.1 Å². The summed E-state index contributed by atoms with van der Waals surface area (Å²) in [5, 5.41) is 0. The number of hydrogen-bond donors (Lipinski definition) is 0. The lowest BCUT2D eigenvalue weighted by atomic mass is 10.1. The number of para-hydroxylation sites is 1. The van der Waals surface area contributed by atoms with Crippen LogP contribution in [0.25, 0.3) is 0 Å². The van der Waals surface area contributed by atoms with Gasteiger partial charge in [-0.05, 0) is 41.8 Å². The Kier molecular flexibility index (Phi) is 7.45. The van der Waals surface area contributed by atoms with Crippen molar-refractivity contribution in [3.05, 3.63) is 77.4 Å². The van der Waals surface area contributed by atoms with Gasteiger partial charge in [0, 0.05) is 56.5 Å². The molecule has 0 aromatic heterocycles. The second-order valence-electron chi connectivity index (χ2n) is 9.75. The standard InChI is InChI=1S/C31H33N3O4/c1-4-25(35)12-8-14-33(2)23-11-7-9-21(15-23)20-38-30-18-27-26(17-29(30)37-3)31(36)34-24(19-32-27)16-22-10-5-6-13-28(22)34/h5-7,9-11,13,15,17-19,24H,4,8,12,14,16,20H2,1-3H3/t24-/m0/s1. The average molecular weight is 512 g/mol. The lowest BCUT2D eigenvalue weighted by Gasteiger charge is -2.22. The van der Waals surface area contributed by atoms with E-state index in [9.17, 15) is 9.59 Å². The summed E-state index contributed by atoms with van der Waals surface area (Å²) >= 11 is 0. The molecule has 38 heavy (non-hydrogen) atoms. The Morgan fingerprint density at radius 2 is 1.95 bits per heavy atom. The number of nitrogens with zero attached hydrogens (tertiary/aromatic N) is 3. The fraction of sp³-hybridized carbons (Fsp3) is 0.323. The molecule has 2 aliphatic rings. The Morgan fingerprint density at radius 1 is 1.11 bits per heavy atom. The van der Waals surface area contributed by atoms with E-state index in [1.165, 1.54) is 0 Å². The molecular formula is C31H33N3O4. The molecule has 0 unspecified atom stereocenters. The van der Waals surface area contributed by atoms with E-state index in [0.717, 1.165) is 41.9 Å². The van der Waals surface area contributed by atoms with Gasteiger partial charge in [-0.2, -0.15) is 0 Å². The van der Waals surface area contributed by atoms with Crippen LogP contribution in [0.5, 0.6) is 11.5 Å². The van der Waals surface area contributed by atoms with Crippen molar-refractivity contribution in [3.63, 3.8) is 0 Å². The van der Waals surface area contributed by atoms with Gasteiger partial charge in [0.2, 0.25) is 0 Å². The van der Waals surface area contributed by atoms with Gasteiger partial charge >= 0.3 is 0 Å². The van der Waals surface area contributed by atoms with Crippen LogP contribution >= 0.6 is 0 Å². The maximum Gasteiger partial charge on any atom is 0.261 e. The summed E-state index contributed by atoms with van der Waals surface area (Å²) in [6.45, 7) is 3.05. The van der Waals surface area contributed by atoms with Crippen molar-refractivity contribution in [2.75, 3.05) is 30.5 Å². The minimum Gasteiger partial charge on any atom is -0.493 e. The molecule has 0 bridgehead atoms. The predicted molar refractivity (Wildman–Crippen MR) is 150 cm³/mol. The number of ether oxygens (including phenoxy) is 2. The molecule has 0 spiro atoms. The van der Waals surface area contributed by atoms with E-state index < -0.39 is 0 Å². The third-order valence-corrected chi connectivity index (χ3v) is 7.22. The molecule has 0 N–H and O–H groups in total. The first kappa shape index (κ1) is 25.5. The Labute approximate surface area is 223 Å². The number of methoxy groups -OCH3 is 1. The summed E-state index contributed by atoms with van der Waals surface area (Å²) in [5.74, 6) is 1.24. The van der Waals surface area contributed by atoms with Crippen LogP contribution in [-0.4, -0.2) is 44.6 Å². The van der Waals surface area contributed by atoms with Gasteiger partial charge < -0.3 is 14.4 Å². The van der Waals surface area contributed by atoms with E-state index in [2.05, 4.69) is 28.1 Å². The second-order valence-corrected chi connectivity index (χ2v) is 9.75. The van der Waals surface area contributed by atoms with E-state index in [0.29, 0.717) is 48.0 Å². The van der Waals surface area contributed by atoms with Crippen molar-refractivity contribution in [3.8, 4) is 11.5 Å². The SMILES string of the molecule is CCC(=O)CCCN(C)c1cccc(COc2cc3c(cc2OC)C(=O)N2c4ccccc4C[C@H]2C=N3)c1. The number of benzene rings is 3. The smallest absolute Gasteiger partial charge is 0.261 e. The molecule has 0 radical (unpaired) electrons. The van der Waals surface area contributed by atoms with Crippen LogP contribution in [0.4, 0.5) is 17.1 Å². The van der Waals surface area contributed by atoms with Crippen molar-refractivity contribution in [1.82, 2.24) is 0 Å². The van der Waals surface area contributed by atoms with Crippen LogP contribution in [0.1, 0.15) is 47.7 Å². The van der Waals surface area contributed by atoms with E-state index in [1.54, 1.807) is 19.2 Å². The van der Waals surface area contributed by atoms with Crippen molar-refractivity contribution in [2.45, 2.75) is 45.3 Å². The molecule has 196 valence electrons. The molecule has 0 saturated heterocycles. The highest BCUT2D eigenvalue weighted by atomic mass is 16.5. The third kappa shape index (κ3) is 5.14. The fourth-order valence-corrected chi connectivity index (χ4v) is 5.05. The lowest BCUT2D eigenvalue weighted by Crippen LogP contribution is -2.37. The zero-order chi connectivity index (χ0) is 26.6. The maximum absolute atomic E-state index is 13.6. The maximum atomic E-state index is 13.6. The van der Waals surface area contributed by atoms with Gasteiger partial charge in [0.05, 0.1) is 24.4 Å². The van der Waals surface area contributed by atoms with Crippen LogP contribution < -0.4 is 19.3 Å². The topological polar surface area (TPSA) is 71.4 Å². The number of fused-ring (bicyclic) bond motifs is 4. The van der Waals surface area contributed by atoms with Gasteiger partial charge in [-0.3, -0.25) is 19.5 Å². The monoisotopic (exact) mass is 511 g/mol. The summed E-state index contributed by atoms with van der Waals surface area (Å²) in [6, 6.07) is 19.6. The first-order chi connectivity index (χ1) is 18.5. The quantitative estimate of drug-likeness (QED) is 0.346. The number of hydrogen-bond acceptors (Lipinski definition) is 6. The molecule has 2 aliphatic heterocycles. The summed E-state index contributed by atoms with van der Waals surface area (Å²) in [5.41, 5.74) is 5.23. The zero-order valence-corrected chi connectivity index (χ0v) is 22.1. The summed E-state index contributed by atoms with van der Waals surface area (Å²) in [4.78, 5) is 33.9. The van der Waals surface area contributed by atoms with Crippen LogP contribution in [0.2, 0.25) is 0 Å². The van der Waals surface area contributed by atoms with Crippen LogP contribution in [0.3, 0.4) is 0 Å². The Balaban J connectivity index is 1.32. The number of aliphatic imine (C=N–C) groups is 1. The van der Waals surface area contributed by atoms with E-state index in [1.807, 2.05) is 55.4 Å². The van der Waals surface area contributed by atoms with Gasteiger partial charge in [0.25, 0.3) is 5.91 Å². The van der Waals surface area contributed by atoms with E-state index in [-0.39, 0.29) is 11.9 Å². The number of Topliss-reactive ketones (excluding diaryl/α,β-unsaturated/α-hetero) is 1. The number of anilines is 2. The largest absolute Gasteiger partial charge is 0.493 e. The van der Waals surface area contributed by atoms with E-state index in [4.69, 9.17) is 9.47 Å². The molecule has 3 aromatic carbocycles. The Bertz CT molecular complexity index is 1380. The van der Waals surface area contributed by atoms with Gasteiger partial charge in [0.1, 0.15) is 12.4 Å². The molecule has 0 saturated carbocycles. The fourth-order valence-electron chi connectivity index (χ4n) is 5.05. The summed E-state index contributed by atoms with van der Waals surface area (Å²) in [7, 11) is 3.61. The third-order valence-electron chi connectivity index (χ3n) is 7.22. The zero-order valence-electron chi connectivity index (χ0n) is 22.1. The van der Waals surface area contributed by atoms with Gasteiger partial charge in [-0.25, -0.2) is 0 Å². The Morgan fingerprint density at radius 3 is 2.76 bits per heavy atom. The highest BCUT2D eigenvalue weighted by Crippen LogP contribution is 2.41. The summed E-state index contributed by atoms with van der Waals surface area (Å²) in [6.07, 6.45) is 4.64. The number of amides is 1. The highest BCUT2D eigenvalue weighted by Gasteiger charge is 2.36. The molecule has 1 atom stereocenters. The Hall–Kier alpha value is -4.13.